The highest BCUT2D eigenvalue weighted by Crippen LogP contribution is 2.30. The van der Waals surface area contributed by atoms with Gasteiger partial charge < -0.3 is 19.5 Å². The Hall–Kier alpha value is -2.44. The molecule has 0 spiro atoms. The molecule has 1 saturated heterocycles. The Bertz CT molecular complexity index is 1020. The zero-order chi connectivity index (χ0) is 20.4. The molecule has 6 heteroatoms. The number of anilines is 2. The molecule has 0 aliphatic carbocycles. The Kier molecular flexibility index (Phi) is 5.83. The Morgan fingerprint density at radius 3 is 2.62 bits per heavy atom. The van der Waals surface area contributed by atoms with Gasteiger partial charge in [-0.3, -0.25) is 4.79 Å². The highest BCUT2D eigenvalue weighted by Gasteiger charge is 2.21. The van der Waals surface area contributed by atoms with E-state index in [1.165, 1.54) is 11.3 Å². The number of nitrogens with one attached hydrogen (secondary N) is 1. The van der Waals surface area contributed by atoms with Crippen LogP contribution < -0.4 is 10.2 Å². The van der Waals surface area contributed by atoms with Crippen molar-refractivity contribution in [1.29, 1.82) is 0 Å². The van der Waals surface area contributed by atoms with Crippen LogP contribution >= 0.6 is 11.8 Å². The van der Waals surface area contributed by atoms with Gasteiger partial charge in [-0.05, 0) is 50.1 Å². The number of rotatable bonds is 5. The molecule has 2 heterocycles. The lowest BCUT2D eigenvalue weighted by molar-refractivity contribution is 0.0998. The van der Waals surface area contributed by atoms with Gasteiger partial charge in [-0.15, -0.1) is 0 Å². The molecule has 4 rings (SSSR count). The average molecular weight is 410 g/mol. The zero-order valence-electron chi connectivity index (χ0n) is 17.2. The summed E-state index contributed by atoms with van der Waals surface area (Å²) in [5.74, 6) is 0.944. The van der Waals surface area contributed by atoms with Crippen LogP contribution in [0.15, 0.2) is 46.9 Å². The third-order valence-electron chi connectivity index (χ3n) is 5.49. The van der Waals surface area contributed by atoms with E-state index >= 15 is 0 Å². The summed E-state index contributed by atoms with van der Waals surface area (Å²) >= 11 is 1.68. The van der Waals surface area contributed by atoms with Crippen molar-refractivity contribution in [2.75, 3.05) is 49.7 Å². The molecule has 5 nitrogen and oxygen atoms in total. The van der Waals surface area contributed by atoms with E-state index < -0.39 is 0 Å². The van der Waals surface area contributed by atoms with Gasteiger partial charge in [0.2, 0.25) is 0 Å². The molecule has 1 aliphatic heterocycles. The minimum atomic E-state index is -0.197. The topological polar surface area (TPSA) is 48.7 Å². The number of para-hydroxylation sites is 1. The fourth-order valence-electron chi connectivity index (χ4n) is 3.89. The van der Waals surface area contributed by atoms with Gasteiger partial charge in [0.05, 0.1) is 0 Å². The first-order valence-corrected chi connectivity index (χ1v) is 11.3. The number of fused-ring (bicyclic) bond motifs is 1. The second-order valence-corrected chi connectivity index (χ2v) is 8.45. The smallest absolute Gasteiger partial charge is 0.291 e. The third-order valence-corrected chi connectivity index (χ3v) is 6.07. The highest BCUT2D eigenvalue weighted by molar-refractivity contribution is 7.97. The molecule has 1 aromatic heterocycles. The quantitative estimate of drug-likeness (QED) is 0.667. The van der Waals surface area contributed by atoms with Crippen molar-refractivity contribution in [1.82, 2.24) is 4.90 Å². The van der Waals surface area contributed by atoms with Crippen LogP contribution in [0.1, 0.15) is 21.7 Å². The molecule has 0 bridgehead atoms. The van der Waals surface area contributed by atoms with E-state index in [2.05, 4.69) is 35.2 Å². The van der Waals surface area contributed by atoms with Gasteiger partial charge in [-0.25, -0.2) is 0 Å². The standard InChI is InChI=1S/C23H27N3O2S/c1-16-14-17(8-9-20(16)26-12-10-25(2)11-13-26)24-23(27)22-19(15-29-3)18-6-4-5-7-21(18)28-22/h4-9,14H,10-13,15H2,1-3H3,(H,24,27). The predicted molar refractivity (Wildman–Crippen MR) is 122 cm³/mol. The number of carbonyl (C=O) groups is 1. The Morgan fingerprint density at radius 1 is 1.14 bits per heavy atom. The van der Waals surface area contributed by atoms with Crippen LogP contribution in [0.2, 0.25) is 0 Å². The van der Waals surface area contributed by atoms with Crippen molar-refractivity contribution in [3.05, 3.63) is 59.4 Å². The molecule has 3 aromatic rings. The Balaban J connectivity index is 1.55. The number of piperazine rings is 1. The number of carbonyl (C=O) groups excluding carboxylic acids is 1. The van der Waals surface area contributed by atoms with Crippen LogP contribution in [-0.4, -0.2) is 50.3 Å². The maximum atomic E-state index is 13.0. The van der Waals surface area contributed by atoms with Gasteiger partial charge in [-0.2, -0.15) is 11.8 Å². The van der Waals surface area contributed by atoms with Crippen LogP contribution in [0.5, 0.6) is 0 Å². The number of aryl methyl sites for hydroxylation is 1. The average Bonchev–Trinajstić information content (AvgIpc) is 3.08. The number of likely N-dealkylation sites (N-methyl/N-ethyl adjacent to an activating group) is 1. The number of nitrogens with zero attached hydrogens (tertiary/aromatic N) is 2. The summed E-state index contributed by atoms with van der Waals surface area (Å²) in [6.07, 6.45) is 2.03. The molecule has 0 atom stereocenters. The number of amides is 1. The molecule has 29 heavy (non-hydrogen) atoms. The number of hydrogen-bond donors (Lipinski definition) is 1. The summed E-state index contributed by atoms with van der Waals surface area (Å²) in [4.78, 5) is 17.7. The van der Waals surface area contributed by atoms with Gasteiger partial charge in [0.25, 0.3) is 5.91 Å². The molecule has 152 valence electrons. The van der Waals surface area contributed by atoms with Gasteiger partial charge in [0, 0.05) is 54.3 Å². The maximum Gasteiger partial charge on any atom is 0.291 e. The van der Waals surface area contributed by atoms with Crippen molar-refractivity contribution >= 4 is 40.0 Å². The summed E-state index contributed by atoms with van der Waals surface area (Å²) < 4.78 is 5.91. The third kappa shape index (κ3) is 4.14. The van der Waals surface area contributed by atoms with E-state index in [4.69, 9.17) is 4.42 Å². The van der Waals surface area contributed by atoms with Crippen molar-refractivity contribution in [3.63, 3.8) is 0 Å². The van der Waals surface area contributed by atoms with E-state index in [1.807, 2.05) is 42.7 Å². The monoisotopic (exact) mass is 409 g/mol. The molecule has 1 N–H and O–H groups in total. The molecule has 1 fully saturated rings. The lowest BCUT2D eigenvalue weighted by atomic mass is 10.1. The number of hydrogen-bond acceptors (Lipinski definition) is 5. The zero-order valence-corrected chi connectivity index (χ0v) is 18.0. The predicted octanol–water partition coefficient (Wildman–Crippen LogP) is 4.61. The molecule has 0 radical (unpaired) electrons. The summed E-state index contributed by atoms with van der Waals surface area (Å²) in [5.41, 5.74) is 4.91. The van der Waals surface area contributed by atoms with E-state index in [-0.39, 0.29) is 5.91 Å². The second kappa shape index (κ2) is 8.51. The van der Waals surface area contributed by atoms with Crippen molar-refractivity contribution in [2.45, 2.75) is 12.7 Å². The van der Waals surface area contributed by atoms with E-state index in [0.29, 0.717) is 5.76 Å². The van der Waals surface area contributed by atoms with E-state index in [0.717, 1.165) is 54.2 Å². The van der Waals surface area contributed by atoms with Crippen LogP contribution in [0.3, 0.4) is 0 Å². The first-order chi connectivity index (χ1) is 14.1. The summed E-state index contributed by atoms with van der Waals surface area (Å²) in [6.45, 7) is 6.30. The number of benzene rings is 2. The first-order valence-electron chi connectivity index (χ1n) is 9.91. The van der Waals surface area contributed by atoms with Crippen LogP contribution in [0, 0.1) is 6.92 Å². The molecular weight excluding hydrogens is 382 g/mol. The Labute approximate surface area is 176 Å². The van der Waals surface area contributed by atoms with E-state index in [1.54, 1.807) is 11.8 Å². The largest absolute Gasteiger partial charge is 0.451 e. The van der Waals surface area contributed by atoms with Crippen molar-refractivity contribution in [3.8, 4) is 0 Å². The SMILES string of the molecule is CSCc1c(C(=O)Nc2ccc(N3CCN(C)CC3)c(C)c2)oc2ccccc12. The fraction of sp³-hybridized carbons (Fsp3) is 0.348. The number of thioether (sulfide) groups is 1. The van der Waals surface area contributed by atoms with Gasteiger partial charge in [0.1, 0.15) is 5.58 Å². The van der Waals surface area contributed by atoms with Gasteiger partial charge in [0.15, 0.2) is 5.76 Å². The minimum Gasteiger partial charge on any atom is -0.451 e. The molecule has 1 amide bonds. The fourth-order valence-corrected chi connectivity index (χ4v) is 4.47. The minimum absolute atomic E-state index is 0.197. The van der Waals surface area contributed by atoms with Crippen LogP contribution in [-0.2, 0) is 5.75 Å². The van der Waals surface area contributed by atoms with Crippen molar-refractivity contribution < 1.29 is 9.21 Å². The summed E-state index contributed by atoms with van der Waals surface area (Å²) in [5, 5.41) is 4.04. The van der Waals surface area contributed by atoms with Gasteiger partial charge in [-0.1, -0.05) is 18.2 Å². The molecule has 2 aromatic carbocycles. The number of furan rings is 1. The molecule has 0 saturated carbocycles. The highest BCUT2D eigenvalue weighted by atomic mass is 32.2. The molecule has 0 unspecified atom stereocenters. The normalized spacial score (nSPS) is 15.1. The summed E-state index contributed by atoms with van der Waals surface area (Å²) in [7, 11) is 2.16. The first kappa shape index (κ1) is 19.9. The molecule has 1 aliphatic rings. The van der Waals surface area contributed by atoms with E-state index in [9.17, 15) is 4.79 Å². The Morgan fingerprint density at radius 2 is 1.90 bits per heavy atom. The lowest BCUT2D eigenvalue weighted by Gasteiger charge is -2.35. The van der Waals surface area contributed by atoms with Crippen molar-refractivity contribution in [2.24, 2.45) is 0 Å². The lowest BCUT2D eigenvalue weighted by Crippen LogP contribution is -2.44. The maximum absolute atomic E-state index is 13.0. The van der Waals surface area contributed by atoms with Gasteiger partial charge >= 0.3 is 0 Å². The van der Waals surface area contributed by atoms with Crippen LogP contribution in [0.4, 0.5) is 11.4 Å². The second-order valence-electron chi connectivity index (χ2n) is 7.58. The summed E-state index contributed by atoms with van der Waals surface area (Å²) in [6, 6.07) is 14.0. The van der Waals surface area contributed by atoms with Crippen LogP contribution in [0.25, 0.3) is 11.0 Å². The molecular formula is C23H27N3O2S.